The maximum atomic E-state index is 12.8. The molecule has 0 rings (SSSR count). The van der Waals surface area contributed by atoms with Crippen LogP contribution in [0.3, 0.4) is 0 Å². The summed E-state index contributed by atoms with van der Waals surface area (Å²) >= 11 is 0. The van der Waals surface area contributed by atoms with Crippen LogP contribution in [0.15, 0.2) is 38.5 Å². The van der Waals surface area contributed by atoms with Gasteiger partial charge in [0.2, 0.25) is 0 Å². The molecule has 0 aliphatic carbocycles. The Labute approximate surface area is 150 Å². The summed E-state index contributed by atoms with van der Waals surface area (Å²) in [5, 5.41) is 0. The lowest BCUT2D eigenvalue weighted by Crippen LogP contribution is -2.02. The lowest BCUT2D eigenvalue weighted by molar-refractivity contribution is 0.158. The van der Waals surface area contributed by atoms with Crippen LogP contribution in [-0.4, -0.2) is 21.3 Å². The molecule has 0 radical (unpaired) electrons. The van der Waals surface area contributed by atoms with Crippen molar-refractivity contribution >= 4 is 31.3 Å². The average Bonchev–Trinajstić information content (AvgIpc) is 2.54. The smallest absolute Gasteiger partial charge is 0.412 e. The first-order valence-electron chi connectivity index (χ1n) is 6.08. The van der Waals surface area contributed by atoms with Crippen molar-refractivity contribution < 1.29 is 58.3 Å². The van der Waals surface area contributed by atoms with Crippen molar-refractivity contribution in [3.05, 3.63) is 38.5 Å². The maximum Gasteiger partial charge on any atom is 0.538 e. The Balaban J connectivity index is 6.03. The summed E-state index contributed by atoms with van der Waals surface area (Å²) in [6.45, 7) is 9.31. The van der Waals surface area contributed by atoms with Gasteiger partial charge in [0.25, 0.3) is 0 Å². The number of hydrogen-bond donors (Lipinski definition) is 0. The van der Waals surface area contributed by atoms with E-state index in [4.69, 9.17) is 0 Å². The molecular formula is C9H18O13P4. The van der Waals surface area contributed by atoms with E-state index in [2.05, 4.69) is 59.8 Å². The van der Waals surface area contributed by atoms with E-state index in [1.807, 2.05) is 0 Å². The molecule has 0 heterocycles. The topological polar surface area (TPSA) is 151 Å². The van der Waals surface area contributed by atoms with Crippen LogP contribution in [-0.2, 0) is 58.3 Å². The van der Waals surface area contributed by atoms with Crippen molar-refractivity contribution in [2.24, 2.45) is 0 Å². The molecule has 0 fully saturated rings. The molecule has 13 nitrogen and oxygen atoms in total. The molecule has 0 aromatic heterocycles. The van der Waals surface area contributed by atoms with Crippen molar-refractivity contribution in [2.45, 2.75) is 0 Å². The molecule has 0 aliphatic rings. The summed E-state index contributed by atoms with van der Waals surface area (Å²) in [5.74, 6) is 0. The molecule has 152 valence electrons. The van der Waals surface area contributed by atoms with Crippen LogP contribution in [0.5, 0.6) is 0 Å². The van der Waals surface area contributed by atoms with Crippen LogP contribution in [0, 0.1) is 0 Å². The largest absolute Gasteiger partial charge is 0.538 e. The molecule has 0 spiro atoms. The van der Waals surface area contributed by atoms with Crippen molar-refractivity contribution in [1.82, 2.24) is 0 Å². The van der Waals surface area contributed by atoms with Crippen molar-refractivity contribution in [2.75, 3.05) is 21.3 Å². The Kier molecular flexibility index (Phi) is 10.3. The second-order valence-corrected chi connectivity index (χ2v) is 10.7. The molecule has 0 saturated heterocycles. The standard InChI is InChI=1S/C9H18O13P4/c1-7-17-23(10,14-4)20-26(13,21-24(11,15-5)18-8-2)22-25(12,16-6)19-9-3/h7-9H,1-3H2,4-6H3. The quantitative estimate of drug-likeness (QED) is 0.242. The van der Waals surface area contributed by atoms with Crippen molar-refractivity contribution in [3.63, 3.8) is 0 Å². The zero-order chi connectivity index (χ0) is 20.5. The lowest BCUT2D eigenvalue weighted by Gasteiger charge is -2.24. The summed E-state index contributed by atoms with van der Waals surface area (Å²) in [5.41, 5.74) is 0. The molecule has 26 heavy (non-hydrogen) atoms. The van der Waals surface area contributed by atoms with Crippen LogP contribution in [0.1, 0.15) is 0 Å². The normalized spacial score (nSPS) is 20.3. The highest BCUT2D eigenvalue weighted by atomic mass is 31.3. The lowest BCUT2D eigenvalue weighted by atomic mass is 11.2. The third kappa shape index (κ3) is 7.90. The third-order valence-corrected chi connectivity index (χ3v) is 9.25. The second-order valence-electron chi connectivity index (χ2n) is 3.40. The summed E-state index contributed by atoms with van der Waals surface area (Å²) in [7, 11) is -17.0. The van der Waals surface area contributed by atoms with Crippen LogP contribution < -0.4 is 0 Å². The molecule has 3 atom stereocenters. The Morgan fingerprint density at radius 1 is 0.538 bits per heavy atom. The van der Waals surface area contributed by atoms with Gasteiger partial charge in [0.1, 0.15) is 0 Å². The molecule has 0 saturated carbocycles. The fraction of sp³-hybridized carbons (Fsp3) is 0.333. The van der Waals surface area contributed by atoms with Crippen molar-refractivity contribution in [1.29, 1.82) is 0 Å². The van der Waals surface area contributed by atoms with Crippen LogP contribution in [0.25, 0.3) is 0 Å². The Bertz CT molecular complexity index is 597. The van der Waals surface area contributed by atoms with Gasteiger partial charge in [-0.25, -0.2) is 18.3 Å². The highest BCUT2D eigenvalue weighted by Gasteiger charge is 2.52. The summed E-state index contributed by atoms with van der Waals surface area (Å²) in [6.07, 6.45) is 1.84. The fourth-order valence-corrected chi connectivity index (χ4v) is 7.14. The minimum atomic E-state index is -5.41. The fourth-order valence-electron chi connectivity index (χ4n) is 0.973. The first kappa shape index (κ1) is 25.3. The molecule has 0 bridgehead atoms. The number of phosphoric ester groups is 3. The van der Waals surface area contributed by atoms with Gasteiger partial charge in [0.05, 0.1) is 18.8 Å². The first-order chi connectivity index (χ1) is 12.0. The molecule has 0 aromatic carbocycles. The molecule has 17 heteroatoms. The van der Waals surface area contributed by atoms with Gasteiger partial charge in [-0.1, -0.05) is 19.7 Å². The Hall–Kier alpha value is -0.700. The molecule has 0 aromatic rings. The van der Waals surface area contributed by atoms with E-state index in [1.165, 1.54) is 0 Å². The van der Waals surface area contributed by atoms with E-state index in [1.54, 1.807) is 0 Å². The zero-order valence-corrected chi connectivity index (χ0v) is 17.5. The van der Waals surface area contributed by atoms with E-state index < -0.39 is 31.3 Å². The summed E-state index contributed by atoms with van der Waals surface area (Å²) in [6, 6.07) is 0. The Morgan fingerprint density at radius 3 is 0.923 bits per heavy atom. The van der Waals surface area contributed by atoms with Gasteiger partial charge in [0.15, 0.2) is 0 Å². The molecule has 0 aliphatic heterocycles. The van der Waals surface area contributed by atoms with Gasteiger partial charge >= 0.3 is 31.3 Å². The van der Waals surface area contributed by atoms with Crippen LogP contribution in [0.2, 0.25) is 0 Å². The molecular weight excluding hydrogens is 440 g/mol. The maximum absolute atomic E-state index is 12.8. The SMILES string of the molecule is C=COP(=O)(OC)OP(=O)(OP(=O)(OC)OC=C)OP(=O)(OC)OC=C. The van der Waals surface area contributed by atoms with E-state index in [-0.39, 0.29) is 0 Å². The highest BCUT2D eigenvalue weighted by Crippen LogP contribution is 2.77. The van der Waals surface area contributed by atoms with E-state index in [0.717, 1.165) is 21.3 Å². The monoisotopic (exact) mass is 458 g/mol. The van der Waals surface area contributed by atoms with Crippen LogP contribution in [0.4, 0.5) is 0 Å². The number of hydrogen-bond acceptors (Lipinski definition) is 13. The van der Waals surface area contributed by atoms with Crippen molar-refractivity contribution in [3.8, 4) is 0 Å². The minimum Gasteiger partial charge on any atom is -0.412 e. The first-order valence-corrected chi connectivity index (χ1v) is 11.9. The highest BCUT2D eigenvalue weighted by molar-refractivity contribution is 7.72. The minimum absolute atomic E-state index is 0.612. The van der Waals surface area contributed by atoms with E-state index >= 15 is 0 Å². The zero-order valence-electron chi connectivity index (χ0n) is 13.9. The summed E-state index contributed by atoms with van der Waals surface area (Å²) < 4.78 is 89.6. The van der Waals surface area contributed by atoms with Crippen LogP contribution >= 0.6 is 31.3 Å². The summed E-state index contributed by atoms with van der Waals surface area (Å²) in [4.78, 5) is 0. The predicted molar refractivity (Wildman–Crippen MR) is 88.6 cm³/mol. The number of rotatable bonds is 15. The Morgan fingerprint density at radius 2 is 0.769 bits per heavy atom. The third-order valence-electron chi connectivity index (χ3n) is 1.88. The predicted octanol–water partition coefficient (Wildman–Crippen LogP) is 4.89. The van der Waals surface area contributed by atoms with E-state index in [0.29, 0.717) is 18.8 Å². The van der Waals surface area contributed by atoms with Gasteiger partial charge < -0.3 is 13.6 Å². The molecule has 0 amide bonds. The second kappa shape index (κ2) is 10.6. The van der Waals surface area contributed by atoms with Gasteiger partial charge in [-0.15, -0.1) is 0 Å². The van der Waals surface area contributed by atoms with Gasteiger partial charge in [-0.05, 0) is 0 Å². The molecule has 3 unspecified atom stereocenters. The van der Waals surface area contributed by atoms with Gasteiger partial charge in [0, 0.05) is 21.3 Å². The average molecular weight is 458 g/mol. The van der Waals surface area contributed by atoms with Gasteiger partial charge in [-0.2, -0.15) is 12.9 Å². The van der Waals surface area contributed by atoms with Gasteiger partial charge in [-0.3, -0.25) is 13.6 Å². The number of phosphoric acid groups is 4. The molecule has 0 N–H and O–H groups in total. The van der Waals surface area contributed by atoms with E-state index in [9.17, 15) is 18.3 Å².